The van der Waals surface area contributed by atoms with Crippen LogP contribution < -0.4 is 15.4 Å². The average Bonchev–Trinajstić information content (AvgIpc) is 3.03. The van der Waals surface area contributed by atoms with Crippen molar-refractivity contribution < 1.29 is 22.7 Å². The number of piperazine rings is 1. The number of ether oxygens (including phenoxy) is 1. The number of carbonyl (C=O) groups excluding carboxylic acids is 1. The molecular formula is C18H19Cl3F3N5O2. The van der Waals surface area contributed by atoms with Crippen LogP contribution in [0.5, 0.6) is 5.75 Å². The number of nitrogens with two attached hydrogens (primary N) is 1. The highest BCUT2D eigenvalue weighted by Gasteiger charge is 2.39. The summed E-state index contributed by atoms with van der Waals surface area (Å²) in [6, 6.07) is 3.31. The summed E-state index contributed by atoms with van der Waals surface area (Å²) in [6.45, 7) is 0.956. The highest BCUT2D eigenvalue weighted by molar-refractivity contribution is 6.37. The van der Waals surface area contributed by atoms with Crippen molar-refractivity contribution >= 4 is 46.4 Å². The number of halogens is 6. The van der Waals surface area contributed by atoms with Crippen LogP contribution in [0.15, 0.2) is 12.1 Å². The molecule has 3 rings (SSSR count). The van der Waals surface area contributed by atoms with Crippen LogP contribution in [-0.2, 0) is 24.1 Å². The third-order valence-corrected chi connectivity index (χ3v) is 5.93. The Balaban J connectivity index is 1.69. The molecule has 0 unspecified atom stereocenters. The lowest BCUT2D eigenvalue weighted by Crippen LogP contribution is -2.49. The van der Waals surface area contributed by atoms with Crippen molar-refractivity contribution in [2.75, 3.05) is 38.2 Å². The maximum atomic E-state index is 13.1. The van der Waals surface area contributed by atoms with Gasteiger partial charge in [-0.2, -0.15) is 18.3 Å². The van der Waals surface area contributed by atoms with Crippen LogP contribution in [0.1, 0.15) is 11.4 Å². The highest BCUT2D eigenvalue weighted by Crippen LogP contribution is 2.37. The first kappa shape index (κ1) is 23.8. The minimum absolute atomic E-state index is 0.0407. The van der Waals surface area contributed by atoms with Gasteiger partial charge in [0.05, 0.1) is 33.6 Å². The van der Waals surface area contributed by atoms with Gasteiger partial charge in [-0.15, -0.1) is 0 Å². The second kappa shape index (κ2) is 9.32. The number of aromatic nitrogens is 2. The normalized spacial score (nSPS) is 14.8. The van der Waals surface area contributed by atoms with Gasteiger partial charge in [-0.25, -0.2) is 0 Å². The minimum atomic E-state index is -4.74. The molecule has 31 heavy (non-hydrogen) atoms. The highest BCUT2D eigenvalue weighted by atomic mass is 35.5. The standard InChI is InChI=1S/C18H19Cl3F3N5O2/c1-31-14-7-12(10(19)6-11(14)20)27-2-4-28(5-3-27)15(30)9-29-13(8-25)16(21)17(26-29)18(22,23)24/h6-7H,2-5,8-9,25H2,1H3. The number of hydrogen-bond donors (Lipinski definition) is 1. The van der Waals surface area contributed by atoms with E-state index >= 15 is 0 Å². The Morgan fingerprint density at radius 3 is 2.35 bits per heavy atom. The van der Waals surface area contributed by atoms with Gasteiger partial charge in [-0.1, -0.05) is 34.8 Å². The lowest BCUT2D eigenvalue weighted by molar-refractivity contribution is -0.142. The predicted molar refractivity (Wildman–Crippen MR) is 112 cm³/mol. The number of methoxy groups -OCH3 is 1. The third kappa shape index (κ3) is 4.97. The zero-order valence-electron chi connectivity index (χ0n) is 16.3. The van der Waals surface area contributed by atoms with Gasteiger partial charge in [-0.3, -0.25) is 9.48 Å². The molecule has 1 aromatic carbocycles. The number of amides is 1. The first-order valence-electron chi connectivity index (χ1n) is 9.15. The Hall–Kier alpha value is -1.88. The van der Waals surface area contributed by atoms with Crippen molar-refractivity contribution in [1.82, 2.24) is 14.7 Å². The van der Waals surface area contributed by atoms with Gasteiger partial charge in [0.25, 0.3) is 0 Å². The van der Waals surface area contributed by atoms with E-state index in [0.29, 0.717) is 47.7 Å². The largest absolute Gasteiger partial charge is 0.495 e. The molecule has 1 aliphatic heterocycles. The quantitative estimate of drug-likeness (QED) is 0.678. The van der Waals surface area contributed by atoms with E-state index in [1.807, 2.05) is 4.90 Å². The van der Waals surface area contributed by atoms with Crippen LogP contribution >= 0.6 is 34.8 Å². The van der Waals surface area contributed by atoms with Crippen LogP contribution in [0.4, 0.5) is 18.9 Å². The molecule has 170 valence electrons. The fourth-order valence-electron chi connectivity index (χ4n) is 3.32. The minimum Gasteiger partial charge on any atom is -0.495 e. The first-order chi connectivity index (χ1) is 14.6. The molecule has 0 radical (unpaired) electrons. The van der Waals surface area contributed by atoms with Gasteiger partial charge >= 0.3 is 6.18 Å². The Morgan fingerprint density at radius 1 is 1.16 bits per heavy atom. The molecule has 2 heterocycles. The molecule has 2 N–H and O–H groups in total. The number of carbonyl (C=O) groups is 1. The van der Waals surface area contributed by atoms with E-state index in [2.05, 4.69) is 5.10 Å². The van der Waals surface area contributed by atoms with Crippen molar-refractivity contribution in [2.45, 2.75) is 19.3 Å². The molecule has 0 saturated carbocycles. The number of anilines is 1. The first-order valence-corrected chi connectivity index (χ1v) is 10.3. The zero-order valence-corrected chi connectivity index (χ0v) is 18.6. The van der Waals surface area contributed by atoms with E-state index in [1.165, 1.54) is 7.11 Å². The number of alkyl halides is 3. The van der Waals surface area contributed by atoms with E-state index in [-0.39, 0.29) is 18.1 Å². The van der Waals surface area contributed by atoms with Gasteiger partial charge < -0.3 is 20.3 Å². The van der Waals surface area contributed by atoms with E-state index in [0.717, 1.165) is 4.68 Å². The van der Waals surface area contributed by atoms with Gasteiger partial charge in [-0.05, 0) is 6.07 Å². The summed E-state index contributed by atoms with van der Waals surface area (Å²) >= 11 is 18.1. The SMILES string of the molecule is COc1cc(N2CCN(C(=O)Cn3nc(C(F)(F)F)c(Cl)c3CN)CC2)c(Cl)cc1Cl. The summed E-state index contributed by atoms with van der Waals surface area (Å²) in [5.41, 5.74) is 4.94. The molecule has 1 amide bonds. The Bertz CT molecular complexity index is 975. The van der Waals surface area contributed by atoms with Crippen LogP contribution in [0.2, 0.25) is 15.1 Å². The second-order valence-corrected chi connectivity index (χ2v) is 7.97. The van der Waals surface area contributed by atoms with Crippen molar-refractivity contribution in [3.8, 4) is 5.75 Å². The maximum absolute atomic E-state index is 13.1. The Morgan fingerprint density at radius 2 is 1.81 bits per heavy atom. The summed E-state index contributed by atoms with van der Waals surface area (Å²) in [5, 5.41) is 3.72. The number of rotatable bonds is 5. The maximum Gasteiger partial charge on any atom is 0.436 e. The molecule has 13 heteroatoms. The summed E-state index contributed by atoms with van der Waals surface area (Å²) < 4.78 is 45.3. The zero-order chi connectivity index (χ0) is 22.9. The van der Waals surface area contributed by atoms with Crippen LogP contribution in [0.3, 0.4) is 0 Å². The Kier molecular flexibility index (Phi) is 7.14. The van der Waals surface area contributed by atoms with E-state index in [1.54, 1.807) is 17.0 Å². The predicted octanol–water partition coefficient (Wildman–Crippen LogP) is 3.68. The number of hydrogen-bond acceptors (Lipinski definition) is 5. The summed E-state index contributed by atoms with van der Waals surface area (Å²) in [7, 11) is 1.50. The van der Waals surface area contributed by atoms with Crippen LogP contribution in [0, 0.1) is 0 Å². The topological polar surface area (TPSA) is 76.6 Å². The fourth-order valence-corrected chi connectivity index (χ4v) is 4.22. The monoisotopic (exact) mass is 499 g/mol. The molecule has 2 aromatic rings. The molecule has 1 saturated heterocycles. The molecule has 1 aromatic heterocycles. The van der Waals surface area contributed by atoms with Crippen molar-refractivity contribution in [1.29, 1.82) is 0 Å². The van der Waals surface area contributed by atoms with Crippen molar-refractivity contribution in [2.24, 2.45) is 5.73 Å². The van der Waals surface area contributed by atoms with E-state index in [4.69, 9.17) is 45.3 Å². The molecule has 0 aliphatic carbocycles. The van der Waals surface area contributed by atoms with Gasteiger partial charge in [0.15, 0.2) is 5.69 Å². The Labute approximate surface area is 191 Å². The van der Waals surface area contributed by atoms with E-state index in [9.17, 15) is 18.0 Å². The summed E-state index contributed by atoms with van der Waals surface area (Å²) in [5.74, 6) is 0.0898. The second-order valence-electron chi connectivity index (χ2n) is 6.77. The fraction of sp³-hybridized carbons (Fsp3) is 0.444. The van der Waals surface area contributed by atoms with Crippen LogP contribution in [0.25, 0.3) is 0 Å². The molecule has 0 spiro atoms. The lowest BCUT2D eigenvalue weighted by atomic mass is 10.2. The van der Waals surface area contributed by atoms with Gasteiger partial charge in [0.2, 0.25) is 5.91 Å². The van der Waals surface area contributed by atoms with Gasteiger partial charge in [0.1, 0.15) is 12.3 Å². The molecule has 7 nitrogen and oxygen atoms in total. The van der Waals surface area contributed by atoms with Crippen molar-refractivity contribution in [3.63, 3.8) is 0 Å². The lowest BCUT2D eigenvalue weighted by Gasteiger charge is -2.36. The van der Waals surface area contributed by atoms with E-state index < -0.39 is 23.4 Å². The molecule has 0 bridgehead atoms. The number of nitrogens with zero attached hydrogens (tertiary/aromatic N) is 4. The molecule has 1 aliphatic rings. The average molecular weight is 501 g/mol. The van der Waals surface area contributed by atoms with Crippen molar-refractivity contribution in [3.05, 3.63) is 38.6 Å². The summed E-state index contributed by atoms with van der Waals surface area (Å²) in [6.07, 6.45) is -4.74. The number of benzene rings is 1. The van der Waals surface area contributed by atoms with Gasteiger partial charge in [0, 0.05) is 38.8 Å². The molecule has 1 fully saturated rings. The summed E-state index contributed by atoms with van der Waals surface area (Å²) in [4.78, 5) is 16.2. The third-order valence-electron chi connectivity index (χ3n) is 4.93. The molecular weight excluding hydrogens is 482 g/mol. The molecule has 0 atom stereocenters. The smallest absolute Gasteiger partial charge is 0.436 e. The van der Waals surface area contributed by atoms with Crippen LogP contribution in [-0.4, -0.2) is 53.9 Å².